The molecule has 0 radical (unpaired) electrons. The van der Waals surface area contributed by atoms with Crippen molar-refractivity contribution >= 4 is 27.5 Å². The summed E-state index contributed by atoms with van der Waals surface area (Å²) >= 11 is 9.48. The number of aromatic nitrogens is 2. The zero-order valence-electron chi connectivity index (χ0n) is 9.45. The standard InChI is InChI=1S/C12H13BrClN3/c1-15-6-5-12-11(13)8-17(16-12)10-4-2-3-9(14)7-10/h2-4,7-8,15H,5-6H2,1H3. The summed E-state index contributed by atoms with van der Waals surface area (Å²) in [4.78, 5) is 0. The molecule has 1 aromatic heterocycles. The molecule has 90 valence electrons. The summed E-state index contributed by atoms with van der Waals surface area (Å²) in [6.07, 6.45) is 2.85. The predicted molar refractivity (Wildman–Crippen MR) is 73.9 cm³/mol. The molecule has 17 heavy (non-hydrogen) atoms. The van der Waals surface area contributed by atoms with Gasteiger partial charge in [0.2, 0.25) is 0 Å². The third-order valence-corrected chi connectivity index (χ3v) is 3.32. The van der Waals surface area contributed by atoms with E-state index in [-0.39, 0.29) is 0 Å². The maximum Gasteiger partial charge on any atom is 0.0783 e. The van der Waals surface area contributed by atoms with Crippen LogP contribution in [-0.2, 0) is 6.42 Å². The van der Waals surface area contributed by atoms with Gasteiger partial charge in [-0.15, -0.1) is 0 Å². The van der Waals surface area contributed by atoms with Crippen molar-refractivity contribution in [1.29, 1.82) is 0 Å². The summed E-state index contributed by atoms with van der Waals surface area (Å²) in [5.41, 5.74) is 2.01. The molecule has 3 nitrogen and oxygen atoms in total. The molecule has 2 aromatic rings. The van der Waals surface area contributed by atoms with Crippen LogP contribution in [0.1, 0.15) is 5.69 Å². The molecule has 0 amide bonds. The minimum absolute atomic E-state index is 0.714. The van der Waals surface area contributed by atoms with Gasteiger partial charge in [-0.1, -0.05) is 17.7 Å². The van der Waals surface area contributed by atoms with E-state index in [4.69, 9.17) is 11.6 Å². The Morgan fingerprint density at radius 2 is 2.29 bits per heavy atom. The van der Waals surface area contributed by atoms with Gasteiger partial charge in [0.15, 0.2) is 0 Å². The lowest BCUT2D eigenvalue weighted by molar-refractivity contribution is 0.754. The van der Waals surface area contributed by atoms with E-state index in [0.29, 0.717) is 5.02 Å². The summed E-state index contributed by atoms with van der Waals surface area (Å²) in [5.74, 6) is 0. The Kier molecular flexibility index (Phi) is 4.20. The first kappa shape index (κ1) is 12.6. The first-order chi connectivity index (χ1) is 8.20. The van der Waals surface area contributed by atoms with Crippen LogP contribution < -0.4 is 5.32 Å². The van der Waals surface area contributed by atoms with Crippen LogP contribution in [0.25, 0.3) is 5.69 Å². The van der Waals surface area contributed by atoms with Crippen molar-refractivity contribution in [3.8, 4) is 5.69 Å². The molecule has 0 spiro atoms. The number of hydrogen-bond donors (Lipinski definition) is 1. The number of hydrogen-bond acceptors (Lipinski definition) is 2. The van der Waals surface area contributed by atoms with E-state index >= 15 is 0 Å². The number of likely N-dealkylation sites (N-methyl/N-ethyl adjacent to an activating group) is 1. The third-order valence-electron chi connectivity index (χ3n) is 2.42. The van der Waals surface area contributed by atoms with Gasteiger partial charge in [0.25, 0.3) is 0 Å². The van der Waals surface area contributed by atoms with E-state index in [1.54, 1.807) is 0 Å². The van der Waals surface area contributed by atoms with Gasteiger partial charge in [-0.2, -0.15) is 5.10 Å². The van der Waals surface area contributed by atoms with Crippen LogP contribution in [0.15, 0.2) is 34.9 Å². The van der Waals surface area contributed by atoms with Crippen LogP contribution in [0.2, 0.25) is 5.02 Å². The Morgan fingerprint density at radius 1 is 1.47 bits per heavy atom. The topological polar surface area (TPSA) is 29.9 Å². The molecule has 1 N–H and O–H groups in total. The van der Waals surface area contributed by atoms with Crippen LogP contribution in [-0.4, -0.2) is 23.4 Å². The Morgan fingerprint density at radius 3 is 3.00 bits per heavy atom. The molecule has 1 heterocycles. The Hall–Kier alpha value is -0.840. The van der Waals surface area contributed by atoms with Crippen molar-refractivity contribution < 1.29 is 0 Å². The number of benzene rings is 1. The predicted octanol–water partition coefficient (Wildman–Crippen LogP) is 3.05. The third kappa shape index (κ3) is 3.09. The number of halogens is 2. The molecule has 2 rings (SSSR count). The van der Waals surface area contributed by atoms with E-state index in [1.165, 1.54) is 0 Å². The van der Waals surface area contributed by atoms with Crippen molar-refractivity contribution in [2.24, 2.45) is 0 Å². The Bertz CT molecular complexity index is 510. The van der Waals surface area contributed by atoms with Crippen molar-refractivity contribution in [1.82, 2.24) is 15.1 Å². The van der Waals surface area contributed by atoms with Gasteiger partial charge in [0.1, 0.15) is 0 Å². The van der Waals surface area contributed by atoms with E-state index in [0.717, 1.165) is 28.8 Å². The van der Waals surface area contributed by atoms with E-state index in [1.807, 2.05) is 42.2 Å². The number of nitrogens with one attached hydrogen (secondary N) is 1. The minimum Gasteiger partial charge on any atom is -0.319 e. The molecular formula is C12H13BrClN3. The highest BCUT2D eigenvalue weighted by atomic mass is 79.9. The van der Waals surface area contributed by atoms with E-state index < -0.39 is 0 Å². The van der Waals surface area contributed by atoms with Gasteiger partial charge in [0, 0.05) is 24.2 Å². The van der Waals surface area contributed by atoms with Crippen molar-refractivity contribution in [2.45, 2.75) is 6.42 Å². The lowest BCUT2D eigenvalue weighted by Crippen LogP contribution is -2.11. The van der Waals surface area contributed by atoms with Crippen LogP contribution in [0.4, 0.5) is 0 Å². The lowest BCUT2D eigenvalue weighted by Gasteiger charge is -2.01. The minimum atomic E-state index is 0.714. The summed E-state index contributed by atoms with van der Waals surface area (Å²) in [7, 11) is 1.93. The molecule has 0 saturated heterocycles. The van der Waals surface area contributed by atoms with Crippen LogP contribution in [0, 0.1) is 0 Å². The monoisotopic (exact) mass is 313 g/mol. The average Bonchev–Trinajstić information content (AvgIpc) is 2.68. The molecule has 0 fully saturated rings. The largest absolute Gasteiger partial charge is 0.319 e. The fraction of sp³-hybridized carbons (Fsp3) is 0.250. The second-order valence-corrected chi connectivity index (χ2v) is 4.99. The summed E-state index contributed by atoms with van der Waals surface area (Å²) < 4.78 is 2.86. The van der Waals surface area contributed by atoms with Gasteiger partial charge in [-0.25, -0.2) is 4.68 Å². The number of rotatable bonds is 4. The Labute approximate surface area is 114 Å². The first-order valence-corrected chi connectivity index (χ1v) is 6.52. The second kappa shape index (κ2) is 5.67. The lowest BCUT2D eigenvalue weighted by atomic mass is 10.3. The maximum atomic E-state index is 5.96. The highest BCUT2D eigenvalue weighted by molar-refractivity contribution is 9.10. The summed E-state index contributed by atoms with van der Waals surface area (Å²) in [6, 6.07) is 7.64. The van der Waals surface area contributed by atoms with Gasteiger partial charge in [0.05, 0.1) is 15.9 Å². The molecule has 0 atom stereocenters. The average molecular weight is 315 g/mol. The first-order valence-electron chi connectivity index (χ1n) is 5.35. The fourth-order valence-electron chi connectivity index (χ4n) is 1.55. The SMILES string of the molecule is CNCCc1nn(-c2cccc(Cl)c2)cc1Br. The van der Waals surface area contributed by atoms with Gasteiger partial charge in [-0.05, 0) is 41.2 Å². The van der Waals surface area contributed by atoms with Gasteiger partial charge < -0.3 is 5.32 Å². The zero-order chi connectivity index (χ0) is 12.3. The van der Waals surface area contributed by atoms with E-state index in [2.05, 4.69) is 26.3 Å². The fourth-order valence-corrected chi connectivity index (χ4v) is 2.21. The molecule has 5 heteroatoms. The molecule has 0 aliphatic heterocycles. The highest BCUT2D eigenvalue weighted by Crippen LogP contribution is 2.20. The quantitative estimate of drug-likeness (QED) is 0.940. The Balaban J connectivity index is 2.28. The van der Waals surface area contributed by atoms with Gasteiger partial charge >= 0.3 is 0 Å². The smallest absolute Gasteiger partial charge is 0.0783 e. The second-order valence-electron chi connectivity index (χ2n) is 3.70. The molecule has 0 unspecified atom stereocenters. The molecule has 0 aliphatic carbocycles. The molecular weight excluding hydrogens is 302 g/mol. The summed E-state index contributed by atoms with van der Waals surface area (Å²) in [6.45, 7) is 0.908. The zero-order valence-corrected chi connectivity index (χ0v) is 11.8. The van der Waals surface area contributed by atoms with Crippen molar-refractivity contribution in [3.63, 3.8) is 0 Å². The summed E-state index contributed by atoms with van der Waals surface area (Å²) in [5, 5.41) is 8.35. The van der Waals surface area contributed by atoms with Crippen molar-refractivity contribution in [2.75, 3.05) is 13.6 Å². The van der Waals surface area contributed by atoms with Crippen molar-refractivity contribution in [3.05, 3.63) is 45.7 Å². The molecule has 0 aliphatic rings. The molecule has 0 bridgehead atoms. The normalized spacial score (nSPS) is 10.8. The van der Waals surface area contributed by atoms with Crippen LogP contribution in [0.3, 0.4) is 0 Å². The van der Waals surface area contributed by atoms with E-state index in [9.17, 15) is 0 Å². The van der Waals surface area contributed by atoms with Crippen LogP contribution in [0.5, 0.6) is 0 Å². The van der Waals surface area contributed by atoms with Crippen LogP contribution >= 0.6 is 27.5 Å². The molecule has 1 aromatic carbocycles. The maximum absolute atomic E-state index is 5.96. The molecule has 0 saturated carbocycles. The number of nitrogens with zero attached hydrogens (tertiary/aromatic N) is 2. The van der Waals surface area contributed by atoms with Gasteiger partial charge in [-0.3, -0.25) is 0 Å². The highest BCUT2D eigenvalue weighted by Gasteiger charge is 2.07.